The predicted octanol–water partition coefficient (Wildman–Crippen LogP) is 6.71. The Kier molecular flexibility index (Phi) is 14.7. The normalized spacial score (nSPS) is 12.0. The van der Waals surface area contributed by atoms with Gasteiger partial charge in [0.05, 0.1) is 6.61 Å². The molecule has 0 aliphatic heterocycles. The lowest BCUT2D eigenvalue weighted by atomic mass is 9.95. The van der Waals surface area contributed by atoms with Crippen LogP contribution in [0.25, 0.3) is 11.1 Å². The summed E-state index contributed by atoms with van der Waals surface area (Å²) in [6, 6.07) is 10.7. The van der Waals surface area contributed by atoms with Gasteiger partial charge in [-0.2, -0.15) is 0 Å². The van der Waals surface area contributed by atoms with Crippen LogP contribution in [-0.4, -0.2) is 66.4 Å². The van der Waals surface area contributed by atoms with E-state index in [0.717, 1.165) is 17.0 Å². The van der Waals surface area contributed by atoms with Crippen LogP contribution in [0, 0.1) is 11.6 Å². The average Bonchev–Trinajstić information content (AvgIpc) is 2.94. The standard InChI is InChI=1S/C33H43F2N3O7S/c1-32(2,3)44-30(41)37-29(38-31(42)45-33(4,5)6)36-17-9-8-10-28(40)43-20-25(21-11-14-23(46-7)15-12-21)24(19-39)22-13-16-26(34)27(35)18-22/h11-16,18,39H,8-10,17,19-20H2,1-7H3,(H2,36,37,38,41,42)/b25-24-. The Balaban J connectivity index is 2.08. The van der Waals surface area contributed by atoms with Gasteiger partial charge in [-0.25, -0.2) is 18.4 Å². The summed E-state index contributed by atoms with van der Waals surface area (Å²) in [7, 11) is 0. The molecule has 2 amide bonds. The van der Waals surface area contributed by atoms with Crippen molar-refractivity contribution in [3.8, 4) is 0 Å². The highest BCUT2D eigenvalue weighted by Gasteiger charge is 2.21. The summed E-state index contributed by atoms with van der Waals surface area (Å²) >= 11 is 1.54. The summed E-state index contributed by atoms with van der Waals surface area (Å²) in [6.07, 6.45) is 1.09. The first-order valence-electron chi connectivity index (χ1n) is 14.6. The molecule has 2 aromatic carbocycles. The van der Waals surface area contributed by atoms with E-state index < -0.39 is 47.6 Å². The van der Waals surface area contributed by atoms with E-state index in [0.29, 0.717) is 29.6 Å². The molecule has 0 saturated carbocycles. The van der Waals surface area contributed by atoms with Crippen LogP contribution in [-0.2, 0) is 19.0 Å². The van der Waals surface area contributed by atoms with Crippen molar-refractivity contribution in [2.45, 2.75) is 76.9 Å². The van der Waals surface area contributed by atoms with E-state index in [4.69, 9.17) is 14.2 Å². The highest BCUT2D eigenvalue weighted by atomic mass is 32.2. The summed E-state index contributed by atoms with van der Waals surface area (Å²) in [4.78, 5) is 42.4. The van der Waals surface area contributed by atoms with Gasteiger partial charge in [0.15, 0.2) is 11.6 Å². The topological polar surface area (TPSA) is 136 Å². The highest BCUT2D eigenvalue weighted by molar-refractivity contribution is 7.98. The van der Waals surface area contributed by atoms with E-state index in [1.807, 2.05) is 18.4 Å². The third-order valence-corrected chi connectivity index (χ3v) is 6.65. The number of rotatable bonds is 11. The number of thioether (sulfide) groups is 1. The first-order valence-corrected chi connectivity index (χ1v) is 15.9. The van der Waals surface area contributed by atoms with E-state index in [1.54, 1.807) is 65.4 Å². The minimum absolute atomic E-state index is 0.0299. The molecular weight excluding hydrogens is 620 g/mol. The van der Waals surface area contributed by atoms with Gasteiger partial charge in [0.2, 0.25) is 5.96 Å². The third-order valence-electron chi connectivity index (χ3n) is 5.90. The molecule has 0 heterocycles. The zero-order valence-electron chi connectivity index (χ0n) is 27.3. The molecule has 0 bridgehead atoms. The van der Waals surface area contributed by atoms with E-state index >= 15 is 0 Å². The van der Waals surface area contributed by atoms with Crippen molar-refractivity contribution in [1.29, 1.82) is 0 Å². The van der Waals surface area contributed by atoms with E-state index in [1.165, 1.54) is 6.07 Å². The number of benzene rings is 2. The van der Waals surface area contributed by atoms with Crippen molar-refractivity contribution in [1.82, 2.24) is 10.6 Å². The maximum absolute atomic E-state index is 14.0. The number of halogens is 2. The molecule has 0 unspecified atom stereocenters. The van der Waals surface area contributed by atoms with Gasteiger partial charge in [0.25, 0.3) is 0 Å². The molecule has 13 heteroatoms. The highest BCUT2D eigenvalue weighted by Crippen LogP contribution is 2.29. The molecule has 0 aliphatic carbocycles. The molecule has 0 fully saturated rings. The minimum atomic E-state index is -1.06. The first-order chi connectivity index (χ1) is 21.5. The smallest absolute Gasteiger partial charge is 0.414 e. The number of unbranched alkanes of at least 4 members (excludes halogenated alkanes) is 1. The quantitative estimate of drug-likeness (QED) is 0.0459. The third kappa shape index (κ3) is 14.0. The monoisotopic (exact) mass is 663 g/mol. The Bertz CT molecular complexity index is 1380. The van der Waals surface area contributed by atoms with Crippen molar-refractivity contribution >= 4 is 47.0 Å². The number of ether oxygens (including phenoxy) is 3. The lowest BCUT2D eigenvalue weighted by Crippen LogP contribution is -2.47. The number of amides is 2. The van der Waals surface area contributed by atoms with Crippen LogP contribution in [0.15, 0.2) is 52.4 Å². The van der Waals surface area contributed by atoms with E-state index in [9.17, 15) is 28.3 Å². The molecule has 0 aromatic heterocycles. The molecule has 252 valence electrons. The van der Waals surface area contributed by atoms with Gasteiger partial charge in [-0.05, 0) is 102 Å². The molecule has 0 saturated heterocycles. The van der Waals surface area contributed by atoms with Crippen LogP contribution in [0.3, 0.4) is 0 Å². The summed E-state index contributed by atoms with van der Waals surface area (Å²) in [6.45, 7) is 9.58. The lowest BCUT2D eigenvalue weighted by molar-refractivity contribution is -0.142. The number of hydrogen-bond donors (Lipinski definition) is 3. The molecule has 46 heavy (non-hydrogen) atoms. The fraction of sp³-hybridized carbons (Fsp3) is 0.455. The summed E-state index contributed by atoms with van der Waals surface area (Å²) < 4.78 is 43.6. The van der Waals surface area contributed by atoms with Gasteiger partial charge in [-0.1, -0.05) is 18.2 Å². The number of guanidine groups is 1. The number of aliphatic hydroxyl groups excluding tert-OH is 1. The summed E-state index contributed by atoms with van der Waals surface area (Å²) in [5, 5.41) is 15.0. The van der Waals surface area contributed by atoms with Crippen molar-refractivity contribution in [2.24, 2.45) is 4.99 Å². The molecule has 0 radical (unpaired) electrons. The molecule has 2 rings (SSSR count). The van der Waals surface area contributed by atoms with Crippen molar-refractivity contribution < 1.29 is 42.5 Å². The maximum Gasteiger partial charge on any atom is 0.414 e. The molecule has 0 spiro atoms. The number of alkyl carbamates (subject to hydrolysis) is 2. The largest absolute Gasteiger partial charge is 0.461 e. The van der Waals surface area contributed by atoms with Crippen LogP contribution in [0.2, 0.25) is 0 Å². The maximum atomic E-state index is 14.0. The summed E-state index contributed by atoms with van der Waals surface area (Å²) in [5.41, 5.74) is 0.0977. The second kappa shape index (κ2) is 17.7. The molecule has 0 atom stereocenters. The Morgan fingerprint density at radius 1 is 0.826 bits per heavy atom. The Morgan fingerprint density at radius 3 is 1.89 bits per heavy atom. The number of nitrogens with zero attached hydrogens (tertiary/aromatic N) is 1. The molecule has 10 nitrogen and oxygen atoms in total. The fourth-order valence-corrected chi connectivity index (χ4v) is 4.30. The molecular formula is C33H43F2N3O7S. The molecule has 3 N–H and O–H groups in total. The van der Waals surface area contributed by atoms with Gasteiger partial charge in [-0.3, -0.25) is 20.4 Å². The van der Waals surface area contributed by atoms with Gasteiger partial charge < -0.3 is 19.3 Å². The number of nitrogens with one attached hydrogen (secondary N) is 2. The average molecular weight is 664 g/mol. The number of aliphatic imine (C=N–C) groups is 1. The second-order valence-electron chi connectivity index (χ2n) is 12.1. The van der Waals surface area contributed by atoms with Crippen LogP contribution in [0.4, 0.5) is 18.4 Å². The SMILES string of the molecule is CSc1ccc(/C(COC(=O)CCCCN=C(NC(=O)OC(C)(C)C)NC(=O)OC(C)(C)C)=C(/CO)c2ccc(F)c(F)c2)cc1. The van der Waals surface area contributed by atoms with Crippen molar-refractivity contribution in [3.05, 3.63) is 65.2 Å². The van der Waals surface area contributed by atoms with Gasteiger partial charge in [0, 0.05) is 23.4 Å². The zero-order chi connectivity index (χ0) is 34.5. The number of carbonyl (C=O) groups excluding carboxylic acids is 3. The van der Waals surface area contributed by atoms with Crippen molar-refractivity contribution in [2.75, 3.05) is 26.0 Å². The number of esters is 1. The number of aliphatic hydroxyl groups is 1. The van der Waals surface area contributed by atoms with Crippen LogP contribution < -0.4 is 10.6 Å². The molecule has 0 aliphatic rings. The number of carbonyl (C=O) groups is 3. The Labute approximate surface area is 273 Å². The zero-order valence-corrected chi connectivity index (χ0v) is 28.1. The van der Waals surface area contributed by atoms with Crippen molar-refractivity contribution in [3.63, 3.8) is 0 Å². The van der Waals surface area contributed by atoms with E-state index in [2.05, 4.69) is 15.6 Å². The molecule has 2 aromatic rings. The van der Waals surface area contributed by atoms with Crippen LogP contribution in [0.5, 0.6) is 0 Å². The Hall–Kier alpha value is -3.97. The second-order valence-corrected chi connectivity index (χ2v) is 13.0. The summed E-state index contributed by atoms with van der Waals surface area (Å²) in [5.74, 6) is -2.77. The number of hydrogen-bond acceptors (Lipinski definition) is 9. The van der Waals surface area contributed by atoms with Crippen LogP contribution in [0.1, 0.15) is 71.9 Å². The Morgan fingerprint density at radius 2 is 1.39 bits per heavy atom. The van der Waals surface area contributed by atoms with Gasteiger partial charge >= 0.3 is 18.2 Å². The lowest BCUT2D eigenvalue weighted by Gasteiger charge is -2.22. The van der Waals surface area contributed by atoms with Crippen LogP contribution >= 0.6 is 11.8 Å². The van der Waals surface area contributed by atoms with Gasteiger partial charge in [-0.15, -0.1) is 11.8 Å². The van der Waals surface area contributed by atoms with E-state index in [-0.39, 0.29) is 31.1 Å². The minimum Gasteiger partial charge on any atom is -0.461 e. The predicted molar refractivity (Wildman–Crippen MR) is 174 cm³/mol. The fourth-order valence-electron chi connectivity index (χ4n) is 3.89. The van der Waals surface area contributed by atoms with Gasteiger partial charge in [0.1, 0.15) is 17.8 Å². The first kappa shape index (κ1) is 38.2.